The van der Waals surface area contributed by atoms with Crippen molar-refractivity contribution >= 4 is 29.0 Å². The van der Waals surface area contributed by atoms with Crippen molar-refractivity contribution in [1.82, 2.24) is 19.8 Å². The highest BCUT2D eigenvalue weighted by molar-refractivity contribution is 7.71. The first-order valence-corrected chi connectivity index (χ1v) is 10.8. The quantitative estimate of drug-likeness (QED) is 0.517. The van der Waals surface area contributed by atoms with E-state index in [2.05, 4.69) is 29.0 Å². The van der Waals surface area contributed by atoms with E-state index in [4.69, 9.17) is 12.2 Å². The van der Waals surface area contributed by atoms with Gasteiger partial charge in [0.2, 0.25) is 0 Å². The number of rotatable bonds is 9. The van der Waals surface area contributed by atoms with Crippen LogP contribution in [0.2, 0.25) is 0 Å². The van der Waals surface area contributed by atoms with Gasteiger partial charge in [-0.25, -0.2) is 0 Å². The molecule has 1 amide bonds. The molecular formula is C23H28N4O2S. The van der Waals surface area contributed by atoms with Gasteiger partial charge in [0.1, 0.15) is 0 Å². The Balaban J connectivity index is 1.74. The summed E-state index contributed by atoms with van der Waals surface area (Å²) in [6.45, 7) is 7.89. The average molecular weight is 425 g/mol. The zero-order valence-corrected chi connectivity index (χ0v) is 18.3. The highest BCUT2D eigenvalue weighted by Gasteiger charge is 2.11. The molecule has 0 aliphatic rings. The number of nitrogens with one attached hydrogen (secondary N) is 2. The fourth-order valence-electron chi connectivity index (χ4n) is 3.45. The highest BCUT2D eigenvalue weighted by Crippen LogP contribution is 2.11. The third kappa shape index (κ3) is 5.23. The first kappa shape index (κ1) is 21.9. The molecule has 2 N–H and O–H groups in total. The van der Waals surface area contributed by atoms with Gasteiger partial charge in [-0.05, 0) is 55.5 Å². The number of H-pyrrole nitrogens is 1. The molecule has 1 heterocycles. The number of amides is 1. The molecule has 0 saturated carbocycles. The highest BCUT2D eigenvalue weighted by atomic mass is 32.1. The van der Waals surface area contributed by atoms with Crippen molar-refractivity contribution in [1.29, 1.82) is 0 Å². The lowest BCUT2D eigenvalue weighted by atomic mass is 10.1. The van der Waals surface area contributed by atoms with Gasteiger partial charge in [0, 0.05) is 25.2 Å². The van der Waals surface area contributed by atoms with Crippen LogP contribution in [0.3, 0.4) is 0 Å². The van der Waals surface area contributed by atoms with Crippen molar-refractivity contribution in [2.24, 2.45) is 0 Å². The number of nitrogens with zero attached hydrogens (tertiary/aromatic N) is 2. The second kappa shape index (κ2) is 10.3. The molecule has 30 heavy (non-hydrogen) atoms. The van der Waals surface area contributed by atoms with E-state index in [1.54, 1.807) is 22.8 Å². The van der Waals surface area contributed by atoms with Crippen molar-refractivity contribution in [3.05, 3.63) is 74.8 Å². The van der Waals surface area contributed by atoms with Crippen LogP contribution in [-0.4, -0.2) is 46.5 Å². The van der Waals surface area contributed by atoms with Gasteiger partial charge in [-0.3, -0.25) is 14.2 Å². The van der Waals surface area contributed by atoms with Gasteiger partial charge in [-0.1, -0.05) is 44.2 Å². The number of hydrogen-bond donors (Lipinski definition) is 2. The van der Waals surface area contributed by atoms with E-state index in [-0.39, 0.29) is 11.5 Å². The Morgan fingerprint density at radius 1 is 1.13 bits per heavy atom. The molecule has 3 rings (SSSR count). The van der Waals surface area contributed by atoms with Crippen LogP contribution in [0.15, 0.2) is 53.3 Å². The van der Waals surface area contributed by atoms with Crippen molar-refractivity contribution in [2.75, 3.05) is 26.2 Å². The van der Waals surface area contributed by atoms with Crippen LogP contribution < -0.4 is 10.9 Å². The van der Waals surface area contributed by atoms with Crippen LogP contribution >= 0.6 is 12.2 Å². The standard InChI is InChI=1S/C23H28N4O2S/c1-3-26(4-2)14-15-27-22(29)19-11-10-18(16-20(19)25-23(27)30)21(28)24-13-12-17-8-6-5-7-9-17/h5-11,16H,3-4,12-15H2,1-2H3,(H,24,28)(H,25,30). The summed E-state index contributed by atoms with van der Waals surface area (Å²) < 4.78 is 1.97. The van der Waals surface area contributed by atoms with Crippen molar-refractivity contribution in [2.45, 2.75) is 26.8 Å². The Bertz CT molecular complexity index is 1120. The Hall–Kier alpha value is -2.77. The number of likely N-dealkylation sites (N-methyl/N-ethyl adjacent to an activating group) is 1. The number of carbonyl (C=O) groups is 1. The summed E-state index contributed by atoms with van der Waals surface area (Å²) in [5, 5.41) is 3.46. The lowest BCUT2D eigenvalue weighted by Gasteiger charge is -2.18. The Kier molecular flexibility index (Phi) is 7.54. The molecular weight excluding hydrogens is 396 g/mol. The predicted octanol–water partition coefficient (Wildman–Crippen LogP) is 3.37. The minimum atomic E-state index is -0.169. The first-order valence-electron chi connectivity index (χ1n) is 10.3. The van der Waals surface area contributed by atoms with Crippen LogP contribution in [0, 0.1) is 4.77 Å². The molecule has 0 unspecified atom stereocenters. The SMILES string of the molecule is CCN(CC)CCn1c(=S)[nH]c2cc(C(=O)NCCc3ccccc3)ccc2c1=O. The smallest absolute Gasteiger partial charge is 0.262 e. The van der Waals surface area contributed by atoms with E-state index in [0.717, 1.165) is 26.1 Å². The van der Waals surface area contributed by atoms with E-state index in [1.807, 2.05) is 30.3 Å². The van der Waals surface area contributed by atoms with Gasteiger partial charge in [0.25, 0.3) is 11.5 Å². The fraction of sp³-hybridized carbons (Fsp3) is 0.348. The molecule has 0 fully saturated rings. The van der Waals surface area contributed by atoms with E-state index >= 15 is 0 Å². The summed E-state index contributed by atoms with van der Waals surface area (Å²) in [5.41, 5.74) is 2.13. The topological polar surface area (TPSA) is 70.1 Å². The third-order valence-electron chi connectivity index (χ3n) is 5.32. The van der Waals surface area contributed by atoms with Crippen LogP contribution in [0.4, 0.5) is 0 Å². The molecule has 0 aliphatic carbocycles. The van der Waals surface area contributed by atoms with Gasteiger partial charge in [-0.2, -0.15) is 0 Å². The molecule has 2 aromatic carbocycles. The maximum atomic E-state index is 12.9. The van der Waals surface area contributed by atoms with Gasteiger partial charge < -0.3 is 15.2 Å². The van der Waals surface area contributed by atoms with Crippen LogP contribution in [0.1, 0.15) is 29.8 Å². The van der Waals surface area contributed by atoms with Crippen molar-refractivity contribution in [3.63, 3.8) is 0 Å². The van der Waals surface area contributed by atoms with Gasteiger partial charge >= 0.3 is 0 Å². The van der Waals surface area contributed by atoms with Gasteiger partial charge in [0.05, 0.1) is 10.9 Å². The first-order chi connectivity index (χ1) is 14.5. The number of aromatic amines is 1. The van der Waals surface area contributed by atoms with E-state index < -0.39 is 0 Å². The second-order valence-electron chi connectivity index (χ2n) is 7.17. The molecule has 7 heteroatoms. The molecule has 0 aliphatic heterocycles. The average Bonchev–Trinajstić information content (AvgIpc) is 2.76. The molecule has 6 nitrogen and oxygen atoms in total. The molecule has 3 aromatic rings. The van der Waals surface area contributed by atoms with Gasteiger partial charge in [0.15, 0.2) is 4.77 Å². The predicted molar refractivity (Wildman–Crippen MR) is 124 cm³/mol. The lowest BCUT2D eigenvalue weighted by Crippen LogP contribution is -2.31. The summed E-state index contributed by atoms with van der Waals surface area (Å²) in [6, 6.07) is 15.1. The summed E-state index contributed by atoms with van der Waals surface area (Å²) in [5.74, 6) is -0.169. The molecule has 0 bridgehead atoms. The monoisotopic (exact) mass is 424 g/mol. The van der Waals surface area contributed by atoms with E-state index in [1.165, 1.54) is 5.56 Å². The second-order valence-corrected chi connectivity index (χ2v) is 7.55. The maximum absolute atomic E-state index is 12.9. The Labute approximate surface area is 181 Å². The number of carbonyl (C=O) groups excluding carboxylic acids is 1. The molecule has 0 radical (unpaired) electrons. The van der Waals surface area contributed by atoms with Crippen LogP contribution in [-0.2, 0) is 13.0 Å². The molecule has 0 spiro atoms. The maximum Gasteiger partial charge on any atom is 0.262 e. The molecule has 0 atom stereocenters. The Morgan fingerprint density at radius 2 is 1.87 bits per heavy atom. The normalized spacial score (nSPS) is 11.2. The number of aromatic nitrogens is 2. The molecule has 0 saturated heterocycles. The molecule has 1 aromatic heterocycles. The summed E-state index contributed by atoms with van der Waals surface area (Å²) in [7, 11) is 0. The number of benzene rings is 2. The minimum Gasteiger partial charge on any atom is -0.352 e. The van der Waals surface area contributed by atoms with E-state index in [9.17, 15) is 9.59 Å². The van der Waals surface area contributed by atoms with Crippen LogP contribution in [0.5, 0.6) is 0 Å². The van der Waals surface area contributed by atoms with Crippen molar-refractivity contribution in [3.8, 4) is 0 Å². The zero-order chi connectivity index (χ0) is 21.5. The number of hydrogen-bond acceptors (Lipinski definition) is 4. The summed E-state index contributed by atoms with van der Waals surface area (Å²) >= 11 is 5.41. The van der Waals surface area contributed by atoms with Gasteiger partial charge in [-0.15, -0.1) is 0 Å². The summed E-state index contributed by atoms with van der Waals surface area (Å²) in [4.78, 5) is 30.8. The van der Waals surface area contributed by atoms with Crippen LogP contribution in [0.25, 0.3) is 10.9 Å². The van der Waals surface area contributed by atoms with Crippen molar-refractivity contribution < 1.29 is 4.79 Å². The largest absolute Gasteiger partial charge is 0.352 e. The zero-order valence-electron chi connectivity index (χ0n) is 17.5. The minimum absolute atomic E-state index is 0.128. The Morgan fingerprint density at radius 3 is 2.57 bits per heavy atom. The third-order valence-corrected chi connectivity index (χ3v) is 5.64. The summed E-state index contributed by atoms with van der Waals surface area (Å²) in [6.07, 6.45) is 0.764. The fourth-order valence-corrected chi connectivity index (χ4v) is 3.73. The lowest BCUT2D eigenvalue weighted by molar-refractivity contribution is 0.0954. The van der Waals surface area contributed by atoms with E-state index in [0.29, 0.717) is 34.3 Å². The molecule has 158 valence electrons. The number of fused-ring (bicyclic) bond motifs is 1.